The molecule has 3 rings (SSSR count). The highest BCUT2D eigenvalue weighted by molar-refractivity contribution is 7.89. The van der Waals surface area contributed by atoms with E-state index in [1.165, 1.54) is 15.4 Å². The van der Waals surface area contributed by atoms with Crippen LogP contribution in [0.15, 0.2) is 53.4 Å². The lowest BCUT2D eigenvalue weighted by Crippen LogP contribution is -2.48. The minimum Gasteiger partial charge on any atom is -0.296 e. The van der Waals surface area contributed by atoms with Crippen molar-refractivity contribution >= 4 is 21.6 Å². The fourth-order valence-corrected chi connectivity index (χ4v) is 4.86. The number of piperazine rings is 1. The lowest BCUT2D eigenvalue weighted by molar-refractivity contribution is 0.181. The number of hydrogen-bond donors (Lipinski definition) is 0. The van der Waals surface area contributed by atoms with Gasteiger partial charge in [-0.05, 0) is 30.2 Å². The number of halogens is 1. The maximum atomic E-state index is 12.8. The molecular weight excluding hydrogens is 344 g/mol. The predicted octanol–water partition coefficient (Wildman–Crippen LogP) is 3.15. The molecule has 0 N–H and O–H groups in total. The second kappa shape index (κ2) is 7.23. The number of rotatable bonds is 4. The number of hydrogen-bond acceptors (Lipinski definition) is 3. The third kappa shape index (κ3) is 3.64. The SMILES string of the molecule is Cc1ccccc1CN1CCN(S(=O)(=O)c2ccccc2Cl)CC1. The zero-order valence-corrected chi connectivity index (χ0v) is 15.2. The molecule has 0 radical (unpaired) electrons. The summed E-state index contributed by atoms with van der Waals surface area (Å²) in [6.45, 7) is 5.37. The molecule has 1 fully saturated rings. The topological polar surface area (TPSA) is 40.6 Å². The lowest BCUT2D eigenvalue weighted by atomic mass is 10.1. The van der Waals surface area contributed by atoms with E-state index in [0.29, 0.717) is 13.1 Å². The van der Waals surface area contributed by atoms with Gasteiger partial charge in [-0.25, -0.2) is 8.42 Å². The van der Waals surface area contributed by atoms with Crippen LogP contribution in [0.5, 0.6) is 0 Å². The van der Waals surface area contributed by atoms with E-state index in [4.69, 9.17) is 11.6 Å². The van der Waals surface area contributed by atoms with E-state index in [-0.39, 0.29) is 9.92 Å². The first kappa shape index (κ1) is 17.4. The van der Waals surface area contributed by atoms with Crippen molar-refractivity contribution in [1.29, 1.82) is 0 Å². The van der Waals surface area contributed by atoms with Gasteiger partial charge in [-0.3, -0.25) is 4.90 Å². The normalized spacial score (nSPS) is 17.1. The Hall–Kier alpha value is -1.40. The van der Waals surface area contributed by atoms with Crippen LogP contribution < -0.4 is 0 Å². The fraction of sp³-hybridized carbons (Fsp3) is 0.333. The maximum absolute atomic E-state index is 12.8. The molecule has 1 aliphatic rings. The Morgan fingerprint density at radius 1 is 0.958 bits per heavy atom. The Labute approximate surface area is 148 Å². The van der Waals surface area contributed by atoms with Gasteiger partial charge < -0.3 is 0 Å². The Morgan fingerprint density at radius 2 is 1.58 bits per heavy atom. The molecule has 0 aliphatic carbocycles. The summed E-state index contributed by atoms with van der Waals surface area (Å²) in [7, 11) is -3.52. The van der Waals surface area contributed by atoms with Gasteiger partial charge in [0.25, 0.3) is 0 Å². The molecule has 0 atom stereocenters. The van der Waals surface area contributed by atoms with Crippen LogP contribution in [0.3, 0.4) is 0 Å². The van der Waals surface area contributed by atoms with Crippen LogP contribution in [0, 0.1) is 6.92 Å². The van der Waals surface area contributed by atoms with Crippen molar-refractivity contribution in [2.24, 2.45) is 0 Å². The molecule has 1 aliphatic heterocycles. The molecule has 0 spiro atoms. The molecule has 0 bridgehead atoms. The first-order chi connectivity index (χ1) is 11.5. The Bertz CT molecular complexity index is 815. The number of sulfonamides is 1. The van der Waals surface area contributed by atoms with Crippen molar-refractivity contribution in [2.75, 3.05) is 26.2 Å². The van der Waals surface area contributed by atoms with Crippen molar-refractivity contribution in [3.05, 3.63) is 64.7 Å². The Balaban J connectivity index is 1.67. The molecule has 6 heteroatoms. The summed E-state index contributed by atoms with van der Waals surface area (Å²) < 4.78 is 27.0. The monoisotopic (exact) mass is 364 g/mol. The molecule has 1 saturated heterocycles. The van der Waals surface area contributed by atoms with Crippen molar-refractivity contribution in [3.8, 4) is 0 Å². The third-order valence-corrected chi connectivity index (χ3v) is 6.84. The fourth-order valence-electron chi connectivity index (χ4n) is 2.95. The summed E-state index contributed by atoms with van der Waals surface area (Å²) in [6, 6.07) is 14.9. The standard InChI is InChI=1S/C18H21ClN2O2S/c1-15-6-2-3-7-16(15)14-20-10-12-21(13-11-20)24(22,23)18-9-5-4-8-17(18)19/h2-9H,10-14H2,1H3. The zero-order valence-electron chi connectivity index (χ0n) is 13.7. The van der Waals surface area contributed by atoms with Crippen LogP contribution in [0.4, 0.5) is 0 Å². The molecule has 2 aromatic rings. The van der Waals surface area contributed by atoms with Crippen molar-refractivity contribution in [2.45, 2.75) is 18.4 Å². The van der Waals surface area contributed by atoms with Gasteiger partial charge in [0.05, 0.1) is 5.02 Å². The molecule has 0 aromatic heterocycles. The largest absolute Gasteiger partial charge is 0.296 e. The van der Waals surface area contributed by atoms with E-state index < -0.39 is 10.0 Å². The van der Waals surface area contributed by atoms with Crippen molar-refractivity contribution in [1.82, 2.24) is 9.21 Å². The number of aryl methyl sites for hydroxylation is 1. The van der Waals surface area contributed by atoms with Crippen LogP contribution in [-0.4, -0.2) is 43.8 Å². The summed E-state index contributed by atoms with van der Waals surface area (Å²) in [5.74, 6) is 0. The van der Waals surface area contributed by atoms with Gasteiger partial charge >= 0.3 is 0 Å². The molecule has 24 heavy (non-hydrogen) atoms. The Morgan fingerprint density at radius 3 is 2.25 bits per heavy atom. The van der Waals surface area contributed by atoms with Crippen LogP contribution in [0.2, 0.25) is 5.02 Å². The molecule has 0 amide bonds. The average molecular weight is 365 g/mol. The van der Waals surface area contributed by atoms with Gasteiger partial charge in [0.15, 0.2) is 0 Å². The summed E-state index contributed by atoms with van der Waals surface area (Å²) >= 11 is 6.07. The second-order valence-corrected chi connectivity index (χ2v) is 8.35. The van der Waals surface area contributed by atoms with Crippen molar-refractivity contribution < 1.29 is 8.42 Å². The molecule has 0 unspecified atom stereocenters. The average Bonchev–Trinajstić information content (AvgIpc) is 2.58. The highest BCUT2D eigenvalue weighted by Crippen LogP contribution is 2.25. The smallest absolute Gasteiger partial charge is 0.244 e. The second-order valence-electron chi connectivity index (χ2n) is 6.04. The molecule has 4 nitrogen and oxygen atoms in total. The molecule has 2 aromatic carbocycles. The summed E-state index contributed by atoms with van der Waals surface area (Å²) in [4.78, 5) is 2.49. The lowest BCUT2D eigenvalue weighted by Gasteiger charge is -2.34. The third-order valence-electron chi connectivity index (χ3n) is 4.44. The quantitative estimate of drug-likeness (QED) is 0.836. The van der Waals surface area contributed by atoms with Crippen LogP contribution in [0.1, 0.15) is 11.1 Å². The maximum Gasteiger partial charge on any atom is 0.244 e. The van der Waals surface area contributed by atoms with Gasteiger partial charge in [0.1, 0.15) is 4.90 Å². The van der Waals surface area contributed by atoms with E-state index in [9.17, 15) is 8.42 Å². The summed E-state index contributed by atoms with van der Waals surface area (Å²) in [6.07, 6.45) is 0. The van der Waals surface area contributed by atoms with Crippen LogP contribution >= 0.6 is 11.6 Å². The van der Waals surface area contributed by atoms with E-state index in [0.717, 1.165) is 19.6 Å². The van der Waals surface area contributed by atoms with Gasteiger partial charge in [0, 0.05) is 32.7 Å². The van der Waals surface area contributed by atoms with Gasteiger partial charge in [0.2, 0.25) is 10.0 Å². The van der Waals surface area contributed by atoms with Crippen molar-refractivity contribution in [3.63, 3.8) is 0 Å². The van der Waals surface area contributed by atoms with Crippen LogP contribution in [0.25, 0.3) is 0 Å². The van der Waals surface area contributed by atoms with Crippen LogP contribution in [-0.2, 0) is 16.6 Å². The van der Waals surface area contributed by atoms with E-state index in [1.807, 2.05) is 12.1 Å². The first-order valence-corrected chi connectivity index (χ1v) is 9.82. The van der Waals surface area contributed by atoms with E-state index >= 15 is 0 Å². The molecule has 0 saturated carbocycles. The van der Waals surface area contributed by atoms with E-state index in [2.05, 4.69) is 24.0 Å². The minimum atomic E-state index is -3.52. The molecule has 1 heterocycles. The predicted molar refractivity (Wildman–Crippen MR) is 96.7 cm³/mol. The van der Waals surface area contributed by atoms with Gasteiger partial charge in [-0.1, -0.05) is 48.0 Å². The number of benzene rings is 2. The molecule has 128 valence electrons. The number of nitrogens with zero attached hydrogens (tertiary/aromatic N) is 2. The first-order valence-electron chi connectivity index (χ1n) is 8.00. The van der Waals surface area contributed by atoms with E-state index in [1.54, 1.807) is 24.3 Å². The van der Waals surface area contributed by atoms with Gasteiger partial charge in [-0.15, -0.1) is 0 Å². The Kier molecular flexibility index (Phi) is 5.25. The zero-order chi connectivity index (χ0) is 17.2. The van der Waals surface area contributed by atoms with Gasteiger partial charge in [-0.2, -0.15) is 4.31 Å². The highest BCUT2D eigenvalue weighted by atomic mass is 35.5. The molecular formula is C18H21ClN2O2S. The highest BCUT2D eigenvalue weighted by Gasteiger charge is 2.29. The summed E-state index contributed by atoms with van der Waals surface area (Å²) in [5.41, 5.74) is 2.56. The summed E-state index contributed by atoms with van der Waals surface area (Å²) in [5, 5.41) is 0.278. The minimum absolute atomic E-state index is 0.194.